The van der Waals surface area contributed by atoms with Gasteiger partial charge in [0, 0.05) is 0 Å². The number of aryl methyl sites for hydroxylation is 2. The van der Waals surface area contributed by atoms with E-state index in [0.29, 0.717) is 0 Å². The van der Waals surface area contributed by atoms with Crippen molar-refractivity contribution in [3.05, 3.63) is 145 Å². The summed E-state index contributed by atoms with van der Waals surface area (Å²) in [6.07, 6.45) is 2.29. The molecular weight excluding hydrogens is 480 g/mol. The molecule has 0 N–H and O–H groups in total. The topological polar surface area (TPSA) is 0 Å². The highest BCUT2D eigenvalue weighted by atomic mass is 14.2. The van der Waals surface area contributed by atoms with Crippen molar-refractivity contribution < 1.29 is 0 Å². The second-order valence-electron chi connectivity index (χ2n) is 11.2. The Morgan fingerprint density at radius 2 is 0.925 bits per heavy atom. The van der Waals surface area contributed by atoms with Gasteiger partial charge in [0.25, 0.3) is 0 Å². The minimum absolute atomic E-state index is 1.15. The van der Waals surface area contributed by atoms with Crippen LogP contribution in [0.5, 0.6) is 0 Å². The molecule has 0 heteroatoms. The third-order valence-corrected chi connectivity index (χ3v) is 9.11. The number of benzene rings is 8. The summed E-state index contributed by atoms with van der Waals surface area (Å²) in [6.45, 7) is 0. The van der Waals surface area contributed by atoms with Crippen molar-refractivity contribution >= 4 is 53.9 Å². The van der Waals surface area contributed by atoms with E-state index in [9.17, 15) is 0 Å². The van der Waals surface area contributed by atoms with Gasteiger partial charge in [-0.2, -0.15) is 0 Å². The lowest BCUT2D eigenvalue weighted by molar-refractivity contribution is 1.02. The molecule has 9 rings (SSSR count). The highest BCUT2D eigenvalue weighted by molar-refractivity contribution is 6.24. The van der Waals surface area contributed by atoms with E-state index >= 15 is 0 Å². The van der Waals surface area contributed by atoms with Crippen LogP contribution in [-0.4, -0.2) is 0 Å². The van der Waals surface area contributed by atoms with E-state index in [1.165, 1.54) is 87.2 Å². The second kappa shape index (κ2) is 8.28. The molecule has 1 aliphatic rings. The Hall–Kier alpha value is -4.94. The highest BCUT2D eigenvalue weighted by Gasteiger charge is 2.21. The lowest BCUT2D eigenvalue weighted by atomic mass is 9.84. The molecule has 0 bridgehead atoms. The van der Waals surface area contributed by atoms with E-state index in [0.717, 1.165) is 12.8 Å². The maximum absolute atomic E-state index is 2.38. The van der Waals surface area contributed by atoms with E-state index in [4.69, 9.17) is 0 Å². The SMILES string of the molecule is c1ccc2c(c1)ccc1cc(-c3c4ccccc4c(-c4ccc5c6c(cccc46)CC5)c4ccccc34)ccc12. The van der Waals surface area contributed by atoms with E-state index in [1.54, 1.807) is 0 Å². The highest BCUT2D eigenvalue weighted by Crippen LogP contribution is 2.47. The molecule has 0 aromatic heterocycles. The van der Waals surface area contributed by atoms with Gasteiger partial charge in [0.05, 0.1) is 0 Å². The fraction of sp³-hybridized carbons (Fsp3) is 0.0500. The van der Waals surface area contributed by atoms with Crippen LogP contribution in [0, 0.1) is 0 Å². The van der Waals surface area contributed by atoms with Crippen molar-refractivity contribution in [3.63, 3.8) is 0 Å². The molecule has 0 atom stereocenters. The van der Waals surface area contributed by atoms with E-state index in [-0.39, 0.29) is 0 Å². The van der Waals surface area contributed by atoms with Crippen LogP contribution in [0.3, 0.4) is 0 Å². The standard InChI is InChI=1S/C40H26/c1-2-10-30-25(8-1)16-19-28-24-29(21-22-31(28)30)39-33-11-3-5-13-35(33)40(36-14-6-4-12-34(36)39)37-23-20-27-18-17-26-9-7-15-32(37)38(26)27/h1-16,19-24H,17-18H2. The zero-order chi connectivity index (χ0) is 26.2. The molecular formula is C40H26. The smallest absolute Gasteiger partial charge is 0.00201 e. The van der Waals surface area contributed by atoms with Gasteiger partial charge in [-0.15, -0.1) is 0 Å². The van der Waals surface area contributed by atoms with Crippen LogP contribution in [-0.2, 0) is 12.8 Å². The summed E-state index contributed by atoms with van der Waals surface area (Å²) in [6, 6.07) is 49.9. The molecule has 40 heavy (non-hydrogen) atoms. The van der Waals surface area contributed by atoms with Gasteiger partial charge in [0.2, 0.25) is 0 Å². The molecule has 0 aliphatic heterocycles. The Balaban J connectivity index is 1.39. The van der Waals surface area contributed by atoms with Gasteiger partial charge in [0.1, 0.15) is 0 Å². The number of rotatable bonds is 2. The Morgan fingerprint density at radius 3 is 1.68 bits per heavy atom. The van der Waals surface area contributed by atoms with E-state index in [2.05, 4.69) is 133 Å². The van der Waals surface area contributed by atoms with Gasteiger partial charge in [-0.25, -0.2) is 0 Å². The summed E-state index contributed by atoms with van der Waals surface area (Å²) in [5, 5.41) is 13.3. The average molecular weight is 507 g/mol. The summed E-state index contributed by atoms with van der Waals surface area (Å²) >= 11 is 0. The second-order valence-corrected chi connectivity index (χ2v) is 11.2. The monoisotopic (exact) mass is 506 g/mol. The quantitative estimate of drug-likeness (QED) is 0.162. The number of hydrogen-bond donors (Lipinski definition) is 0. The van der Waals surface area contributed by atoms with Gasteiger partial charge >= 0.3 is 0 Å². The summed E-state index contributed by atoms with van der Waals surface area (Å²) in [5.41, 5.74) is 8.24. The molecule has 0 unspecified atom stereocenters. The maximum atomic E-state index is 2.38. The lowest BCUT2D eigenvalue weighted by Crippen LogP contribution is -1.92. The fourth-order valence-corrected chi connectivity index (χ4v) is 7.36. The third kappa shape index (κ3) is 3.02. The zero-order valence-corrected chi connectivity index (χ0v) is 22.1. The predicted octanol–water partition coefficient (Wildman–Crippen LogP) is 10.9. The van der Waals surface area contributed by atoms with Crippen molar-refractivity contribution in [1.29, 1.82) is 0 Å². The van der Waals surface area contributed by atoms with Crippen LogP contribution >= 0.6 is 0 Å². The zero-order valence-electron chi connectivity index (χ0n) is 22.1. The molecule has 0 saturated heterocycles. The molecule has 0 fully saturated rings. The first-order chi connectivity index (χ1) is 19.8. The first-order valence-corrected chi connectivity index (χ1v) is 14.2. The van der Waals surface area contributed by atoms with Crippen LogP contribution in [0.4, 0.5) is 0 Å². The van der Waals surface area contributed by atoms with Crippen molar-refractivity contribution in [2.24, 2.45) is 0 Å². The Labute approximate surface area is 233 Å². The van der Waals surface area contributed by atoms with E-state index < -0.39 is 0 Å². The minimum Gasteiger partial charge on any atom is -0.0616 e. The average Bonchev–Trinajstić information content (AvgIpc) is 3.44. The molecule has 8 aromatic rings. The number of hydrogen-bond acceptors (Lipinski definition) is 0. The summed E-state index contributed by atoms with van der Waals surface area (Å²) in [5.74, 6) is 0. The molecule has 0 nitrogen and oxygen atoms in total. The van der Waals surface area contributed by atoms with Crippen LogP contribution in [0.1, 0.15) is 11.1 Å². The number of fused-ring (bicyclic) bond motifs is 5. The Morgan fingerprint density at radius 1 is 0.350 bits per heavy atom. The van der Waals surface area contributed by atoms with Gasteiger partial charge in [-0.05, 0) is 106 Å². The van der Waals surface area contributed by atoms with Crippen molar-refractivity contribution in [3.8, 4) is 22.3 Å². The summed E-state index contributed by atoms with van der Waals surface area (Å²) in [4.78, 5) is 0. The molecule has 8 aromatic carbocycles. The van der Waals surface area contributed by atoms with Crippen LogP contribution in [0.25, 0.3) is 76.1 Å². The largest absolute Gasteiger partial charge is 0.0616 e. The summed E-state index contributed by atoms with van der Waals surface area (Å²) in [7, 11) is 0. The molecule has 186 valence electrons. The minimum atomic E-state index is 1.15. The molecule has 0 radical (unpaired) electrons. The first kappa shape index (κ1) is 21.9. The molecule has 0 saturated carbocycles. The third-order valence-electron chi connectivity index (χ3n) is 9.11. The maximum Gasteiger partial charge on any atom is -0.00201 e. The van der Waals surface area contributed by atoms with Gasteiger partial charge in [-0.1, -0.05) is 127 Å². The Bertz CT molecular complexity index is 2250. The van der Waals surface area contributed by atoms with E-state index in [1.807, 2.05) is 0 Å². The predicted molar refractivity (Wildman–Crippen MR) is 172 cm³/mol. The van der Waals surface area contributed by atoms with Crippen LogP contribution in [0.2, 0.25) is 0 Å². The van der Waals surface area contributed by atoms with Crippen molar-refractivity contribution in [2.75, 3.05) is 0 Å². The lowest BCUT2D eigenvalue weighted by Gasteiger charge is -2.19. The Kier molecular flexibility index (Phi) is 4.54. The normalized spacial score (nSPS) is 12.8. The van der Waals surface area contributed by atoms with Crippen molar-refractivity contribution in [2.45, 2.75) is 12.8 Å². The molecule has 0 heterocycles. The molecule has 1 aliphatic carbocycles. The molecule has 0 amide bonds. The summed E-state index contributed by atoms with van der Waals surface area (Å²) < 4.78 is 0. The van der Waals surface area contributed by atoms with Gasteiger partial charge < -0.3 is 0 Å². The van der Waals surface area contributed by atoms with Gasteiger partial charge in [-0.3, -0.25) is 0 Å². The first-order valence-electron chi connectivity index (χ1n) is 14.2. The fourth-order valence-electron chi connectivity index (χ4n) is 7.36. The van der Waals surface area contributed by atoms with Crippen molar-refractivity contribution in [1.82, 2.24) is 0 Å². The van der Waals surface area contributed by atoms with Crippen LogP contribution in [0.15, 0.2) is 133 Å². The van der Waals surface area contributed by atoms with Gasteiger partial charge in [0.15, 0.2) is 0 Å². The van der Waals surface area contributed by atoms with Crippen LogP contribution < -0.4 is 0 Å². The molecule has 0 spiro atoms.